The molecule has 0 saturated carbocycles. The molecule has 0 aromatic rings. The topological polar surface area (TPSA) is 57.2 Å². The Morgan fingerprint density at radius 2 is 1.08 bits per heavy atom. The van der Waals surface area contributed by atoms with E-state index >= 15 is 0 Å². The smallest absolute Gasteiger partial charge is 0.109 e. The summed E-state index contributed by atoms with van der Waals surface area (Å²) in [6, 6.07) is 0. The molecule has 0 fully saturated rings. The van der Waals surface area contributed by atoms with Gasteiger partial charge in [-0.05, 0) is 42.2 Å². The number of aliphatic hydroxyl groups excluding tert-OH is 1. The second kappa shape index (κ2) is 23.5. The van der Waals surface area contributed by atoms with Gasteiger partial charge in [0, 0.05) is 0 Å². The summed E-state index contributed by atoms with van der Waals surface area (Å²) in [5.41, 5.74) is 0. The predicted octanol–water partition coefficient (Wildman–Crippen LogP) is 5.83. The molecule has 0 amide bonds. The lowest BCUT2D eigenvalue weighted by Crippen LogP contribution is -2.03. The molecule has 5 nitrogen and oxygen atoms in total. The summed E-state index contributed by atoms with van der Waals surface area (Å²) in [5, 5.41) is 17.0. The molecule has 0 saturated heterocycles. The number of allylic oxidation sites excluding steroid dienone is 2. The molecule has 0 aliphatic rings. The molecule has 25 heavy (non-hydrogen) atoms. The normalized spacial score (nSPS) is 11.6. The first kappa shape index (κ1) is 24.5. The lowest BCUT2D eigenvalue weighted by molar-refractivity contribution is -0.634. The maximum Gasteiger partial charge on any atom is 0.109 e. The van der Waals surface area contributed by atoms with Crippen LogP contribution in [-0.4, -0.2) is 24.9 Å². The van der Waals surface area contributed by atoms with E-state index in [1.165, 1.54) is 77.0 Å². The van der Waals surface area contributed by atoms with Gasteiger partial charge >= 0.3 is 0 Å². The maximum atomic E-state index is 8.42. The zero-order chi connectivity index (χ0) is 18.3. The van der Waals surface area contributed by atoms with E-state index in [0.717, 1.165) is 12.8 Å². The number of unbranched alkanes of at least 4 members (excludes halogenated alkanes) is 12. The molecule has 0 rings (SSSR count). The molecule has 150 valence electrons. The summed E-state index contributed by atoms with van der Waals surface area (Å²) in [5.74, 6) is 0. The van der Waals surface area contributed by atoms with Crippen molar-refractivity contribution in [2.45, 2.75) is 96.8 Å². The van der Waals surface area contributed by atoms with E-state index in [4.69, 9.17) is 9.99 Å². The molecule has 0 aromatic heterocycles. The van der Waals surface area contributed by atoms with Gasteiger partial charge in [0.25, 0.3) is 0 Å². The van der Waals surface area contributed by atoms with Crippen molar-refractivity contribution in [3.8, 4) is 0 Å². The summed E-state index contributed by atoms with van der Waals surface area (Å²) in [7, 11) is 0. The molecular weight excluding hydrogens is 320 g/mol. The van der Waals surface area contributed by atoms with E-state index in [1.54, 1.807) is 0 Å². The molecule has 0 bridgehead atoms. The van der Waals surface area contributed by atoms with Gasteiger partial charge in [-0.15, -0.1) is 0 Å². The van der Waals surface area contributed by atoms with E-state index < -0.39 is 0 Å². The average Bonchev–Trinajstić information content (AvgIpc) is 2.63. The summed E-state index contributed by atoms with van der Waals surface area (Å²) in [6.07, 6.45) is 22.7. The summed E-state index contributed by atoms with van der Waals surface area (Å²) >= 11 is 0. The van der Waals surface area contributed by atoms with Gasteiger partial charge in [0.2, 0.25) is 0 Å². The van der Waals surface area contributed by atoms with Gasteiger partial charge in [-0.25, -0.2) is 9.78 Å². The highest BCUT2D eigenvalue weighted by Crippen LogP contribution is 2.10. The van der Waals surface area contributed by atoms with Gasteiger partial charge in [-0.2, -0.15) is 0 Å². The highest BCUT2D eigenvalue weighted by molar-refractivity contribution is 4.81. The summed E-state index contributed by atoms with van der Waals surface area (Å²) in [4.78, 5) is 9.17. The monoisotopic (exact) mass is 360 g/mol. The first-order valence-corrected chi connectivity index (χ1v) is 10.3. The Labute approximate surface area is 154 Å². The van der Waals surface area contributed by atoms with Crippen LogP contribution in [0.4, 0.5) is 0 Å². The first-order chi connectivity index (χ1) is 12.4. The SMILES string of the molecule is CCCCCCCCC=CCCCCCCCCOOOOCCO. The molecule has 0 unspecified atom stereocenters. The van der Waals surface area contributed by atoms with Crippen LogP contribution in [-0.2, 0) is 19.9 Å². The average molecular weight is 361 g/mol. The standard InChI is InChI=1S/C20H40O5/c1-2-3-4-5-6-7-8-9-10-11-12-13-14-15-16-17-19-22-24-25-23-20-18-21/h9-10,21H,2-8,11-20H2,1H3. The fourth-order valence-electron chi connectivity index (χ4n) is 2.55. The van der Waals surface area contributed by atoms with E-state index in [1.807, 2.05) is 0 Å². The number of hydrogen-bond acceptors (Lipinski definition) is 5. The molecule has 5 heteroatoms. The Hall–Kier alpha value is -0.460. The second-order valence-electron chi connectivity index (χ2n) is 6.44. The molecule has 0 spiro atoms. The van der Waals surface area contributed by atoms with Gasteiger partial charge in [-0.1, -0.05) is 76.9 Å². The molecule has 0 atom stereocenters. The van der Waals surface area contributed by atoms with Crippen LogP contribution in [0.3, 0.4) is 0 Å². The molecular formula is C20H40O5. The van der Waals surface area contributed by atoms with Gasteiger partial charge < -0.3 is 5.11 Å². The first-order valence-electron chi connectivity index (χ1n) is 10.3. The van der Waals surface area contributed by atoms with E-state index in [2.05, 4.69) is 34.0 Å². The van der Waals surface area contributed by atoms with Gasteiger partial charge in [0.15, 0.2) is 0 Å². The van der Waals surface area contributed by atoms with Crippen molar-refractivity contribution in [3.05, 3.63) is 12.2 Å². The highest BCUT2D eigenvalue weighted by atomic mass is 17.7. The molecule has 0 aromatic carbocycles. The van der Waals surface area contributed by atoms with E-state index in [-0.39, 0.29) is 13.2 Å². The second-order valence-corrected chi connectivity index (χ2v) is 6.44. The van der Waals surface area contributed by atoms with Crippen LogP contribution in [0, 0.1) is 0 Å². The van der Waals surface area contributed by atoms with Crippen LogP contribution in [0.25, 0.3) is 0 Å². The fraction of sp³-hybridized carbons (Fsp3) is 0.900. The van der Waals surface area contributed by atoms with Crippen molar-refractivity contribution >= 4 is 0 Å². The number of aliphatic hydroxyl groups is 1. The minimum Gasteiger partial charge on any atom is -0.394 e. The van der Waals surface area contributed by atoms with Gasteiger partial charge in [-0.3, -0.25) is 0 Å². The highest BCUT2D eigenvalue weighted by Gasteiger charge is 1.94. The third-order valence-corrected chi connectivity index (χ3v) is 4.04. The Morgan fingerprint density at radius 3 is 1.64 bits per heavy atom. The molecule has 0 aliphatic carbocycles. The zero-order valence-corrected chi connectivity index (χ0v) is 16.3. The Kier molecular flexibility index (Phi) is 23.1. The molecule has 0 aliphatic heterocycles. The van der Waals surface area contributed by atoms with E-state index in [9.17, 15) is 0 Å². The Bertz CT molecular complexity index is 258. The quantitative estimate of drug-likeness (QED) is 0.121. The van der Waals surface area contributed by atoms with Crippen LogP contribution in [0.15, 0.2) is 12.2 Å². The van der Waals surface area contributed by atoms with Crippen molar-refractivity contribution in [2.24, 2.45) is 0 Å². The van der Waals surface area contributed by atoms with Crippen LogP contribution in [0.2, 0.25) is 0 Å². The lowest BCUT2D eigenvalue weighted by Gasteiger charge is -2.02. The maximum absolute atomic E-state index is 8.42. The van der Waals surface area contributed by atoms with Crippen molar-refractivity contribution in [1.82, 2.24) is 0 Å². The third kappa shape index (κ3) is 23.5. The van der Waals surface area contributed by atoms with Crippen LogP contribution in [0.5, 0.6) is 0 Å². The molecule has 0 heterocycles. The lowest BCUT2D eigenvalue weighted by atomic mass is 10.1. The number of hydrogen-bond donors (Lipinski definition) is 1. The Balaban J connectivity index is 3.03. The predicted molar refractivity (Wildman–Crippen MR) is 101 cm³/mol. The van der Waals surface area contributed by atoms with Crippen LogP contribution < -0.4 is 0 Å². The molecule has 0 radical (unpaired) electrons. The Morgan fingerprint density at radius 1 is 0.600 bits per heavy atom. The number of rotatable bonds is 21. The van der Waals surface area contributed by atoms with Gasteiger partial charge in [0.1, 0.15) is 6.61 Å². The fourth-order valence-corrected chi connectivity index (χ4v) is 2.55. The minimum absolute atomic E-state index is 0.0671. The summed E-state index contributed by atoms with van der Waals surface area (Å²) in [6.45, 7) is 2.71. The van der Waals surface area contributed by atoms with Crippen molar-refractivity contribution in [2.75, 3.05) is 19.8 Å². The van der Waals surface area contributed by atoms with Crippen LogP contribution in [0.1, 0.15) is 96.8 Å². The summed E-state index contributed by atoms with van der Waals surface area (Å²) < 4.78 is 0. The third-order valence-electron chi connectivity index (χ3n) is 4.04. The zero-order valence-electron chi connectivity index (χ0n) is 16.3. The van der Waals surface area contributed by atoms with Crippen molar-refractivity contribution in [1.29, 1.82) is 0 Å². The van der Waals surface area contributed by atoms with E-state index in [0.29, 0.717) is 6.61 Å². The van der Waals surface area contributed by atoms with Gasteiger partial charge in [0.05, 0.1) is 13.2 Å². The molecule has 1 N–H and O–H groups in total. The van der Waals surface area contributed by atoms with Crippen molar-refractivity contribution < 1.29 is 25.0 Å². The largest absolute Gasteiger partial charge is 0.394 e. The van der Waals surface area contributed by atoms with Crippen LogP contribution >= 0.6 is 0 Å². The minimum atomic E-state index is -0.113. The van der Waals surface area contributed by atoms with Crippen molar-refractivity contribution in [3.63, 3.8) is 0 Å².